The lowest BCUT2D eigenvalue weighted by Gasteiger charge is -2.11. The predicted octanol–water partition coefficient (Wildman–Crippen LogP) is -0.650. The average molecular weight is 172 g/mol. The first-order valence-corrected chi connectivity index (χ1v) is 4.34. The minimum Gasteiger partial charge on any atom is -0.383 e. The lowest BCUT2D eigenvalue weighted by Crippen LogP contribution is -2.31. The molecule has 4 heteroatoms. The van der Waals surface area contributed by atoms with Crippen LogP contribution in [0.15, 0.2) is 0 Å². The van der Waals surface area contributed by atoms with E-state index in [4.69, 9.17) is 16.6 Å². The van der Waals surface area contributed by atoms with E-state index in [-0.39, 0.29) is 6.04 Å². The molecule has 1 rings (SSSR count). The van der Waals surface area contributed by atoms with Gasteiger partial charge in [0.2, 0.25) is 5.91 Å². The van der Waals surface area contributed by atoms with Crippen LogP contribution in [0.25, 0.3) is 0 Å². The van der Waals surface area contributed by atoms with Crippen LogP contribution in [-0.2, 0) is 4.79 Å². The molecule has 1 aliphatic rings. The first-order chi connectivity index (χ1) is 5.61. The summed E-state index contributed by atoms with van der Waals surface area (Å²) in [6, 6.07) is 0.138. The number of aliphatic hydroxyl groups is 1. The van der Waals surface area contributed by atoms with E-state index in [1.54, 1.807) is 0 Å². The van der Waals surface area contributed by atoms with E-state index < -0.39 is 12.0 Å². The van der Waals surface area contributed by atoms with Crippen molar-refractivity contribution in [1.29, 1.82) is 0 Å². The second-order valence-electron chi connectivity index (χ2n) is 3.50. The van der Waals surface area contributed by atoms with Crippen molar-refractivity contribution in [2.24, 2.45) is 17.4 Å². The van der Waals surface area contributed by atoms with Gasteiger partial charge in [0.15, 0.2) is 0 Å². The molecule has 2 unspecified atom stereocenters. The van der Waals surface area contributed by atoms with Crippen molar-refractivity contribution < 1.29 is 9.90 Å². The van der Waals surface area contributed by atoms with E-state index in [0.29, 0.717) is 18.8 Å². The zero-order valence-electron chi connectivity index (χ0n) is 7.07. The summed E-state index contributed by atoms with van der Waals surface area (Å²) in [5, 5.41) is 9.05. The van der Waals surface area contributed by atoms with Gasteiger partial charge in [-0.05, 0) is 31.6 Å². The Balaban J connectivity index is 2.11. The van der Waals surface area contributed by atoms with Gasteiger partial charge in [-0.1, -0.05) is 0 Å². The Kier molecular flexibility index (Phi) is 3.05. The van der Waals surface area contributed by atoms with E-state index in [1.807, 2.05) is 0 Å². The summed E-state index contributed by atoms with van der Waals surface area (Å²) < 4.78 is 0. The molecular weight excluding hydrogens is 156 g/mol. The highest BCUT2D eigenvalue weighted by Crippen LogP contribution is 2.33. The van der Waals surface area contributed by atoms with E-state index in [2.05, 4.69) is 0 Å². The average Bonchev–Trinajstić information content (AvgIpc) is 2.81. The molecule has 0 aromatic rings. The second kappa shape index (κ2) is 3.87. The van der Waals surface area contributed by atoms with Gasteiger partial charge in [-0.25, -0.2) is 0 Å². The van der Waals surface area contributed by atoms with Gasteiger partial charge < -0.3 is 16.6 Å². The van der Waals surface area contributed by atoms with Crippen LogP contribution in [-0.4, -0.2) is 23.2 Å². The first-order valence-electron chi connectivity index (χ1n) is 4.34. The third-order valence-electron chi connectivity index (χ3n) is 2.33. The van der Waals surface area contributed by atoms with E-state index in [0.717, 1.165) is 0 Å². The highest BCUT2D eigenvalue weighted by molar-refractivity contribution is 5.78. The number of hydrogen-bond donors (Lipinski definition) is 3. The largest absolute Gasteiger partial charge is 0.383 e. The highest BCUT2D eigenvalue weighted by Gasteiger charge is 2.28. The maximum atomic E-state index is 10.4. The SMILES string of the molecule is NC(=O)C(O)CCC(N)C1CC1. The van der Waals surface area contributed by atoms with Crippen molar-refractivity contribution in [3.63, 3.8) is 0 Å². The molecule has 4 nitrogen and oxygen atoms in total. The second-order valence-corrected chi connectivity index (χ2v) is 3.50. The van der Waals surface area contributed by atoms with Crippen LogP contribution in [0.4, 0.5) is 0 Å². The normalized spacial score (nSPS) is 21.8. The number of hydrogen-bond acceptors (Lipinski definition) is 3. The standard InChI is InChI=1S/C8H16N2O2/c9-6(5-1-2-5)3-4-7(11)8(10)12/h5-7,11H,1-4,9H2,(H2,10,12). The molecule has 0 aromatic carbocycles. The van der Waals surface area contributed by atoms with Crippen LogP contribution in [0.2, 0.25) is 0 Å². The van der Waals surface area contributed by atoms with Gasteiger partial charge >= 0.3 is 0 Å². The minimum absolute atomic E-state index is 0.138. The molecule has 0 aromatic heterocycles. The quantitative estimate of drug-likeness (QED) is 0.514. The molecule has 1 fully saturated rings. The molecule has 0 spiro atoms. The molecule has 1 saturated carbocycles. The summed E-state index contributed by atoms with van der Waals surface area (Å²) in [7, 11) is 0. The Hall–Kier alpha value is -0.610. The van der Waals surface area contributed by atoms with Crippen LogP contribution in [0, 0.1) is 5.92 Å². The fourth-order valence-electron chi connectivity index (χ4n) is 1.25. The van der Waals surface area contributed by atoms with Crippen molar-refractivity contribution in [2.75, 3.05) is 0 Å². The Labute approximate surface area is 71.9 Å². The van der Waals surface area contributed by atoms with Gasteiger partial charge in [0.05, 0.1) is 0 Å². The number of carbonyl (C=O) groups excluding carboxylic acids is 1. The molecule has 0 heterocycles. The van der Waals surface area contributed by atoms with Crippen LogP contribution in [0.3, 0.4) is 0 Å². The summed E-state index contributed by atoms with van der Waals surface area (Å²) in [5.74, 6) is -0.0388. The summed E-state index contributed by atoms with van der Waals surface area (Å²) in [5.41, 5.74) is 10.6. The van der Waals surface area contributed by atoms with Crippen molar-refractivity contribution in [1.82, 2.24) is 0 Å². The maximum Gasteiger partial charge on any atom is 0.246 e. The molecule has 70 valence electrons. The number of nitrogens with two attached hydrogens (primary N) is 2. The third kappa shape index (κ3) is 2.79. The zero-order chi connectivity index (χ0) is 9.14. The predicted molar refractivity (Wildman–Crippen MR) is 45.1 cm³/mol. The van der Waals surface area contributed by atoms with Crippen molar-refractivity contribution >= 4 is 5.91 Å². The number of aliphatic hydroxyl groups excluding tert-OH is 1. The third-order valence-corrected chi connectivity index (χ3v) is 2.33. The van der Waals surface area contributed by atoms with E-state index in [1.165, 1.54) is 12.8 Å². The van der Waals surface area contributed by atoms with Crippen molar-refractivity contribution in [2.45, 2.75) is 37.8 Å². The molecule has 5 N–H and O–H groups in total. The molecular formula is C8H16N2O2. The van der Waals surface area contributed by atoms with Gasteiger partial charge in [-0.15, -0.1) is 0 Å². The molecule has 2 atom stereocenters. The topological polar surface area (TPSA) is 89.3 Å². The van der Waals surface area contributed by atoms with Gasteiger partial charge in [0.1, 0.15) is 6.10 Å². The molecule has 1 aliphatic carbocycles. The number of carbonyl (C=O) groups is 1. The lowest BCUT2D eigenvalue weighted by molar-refractivity contribution is -0.126. The molecule has 0 radical (unpaired) electrons. The Bertz CT molecular complexity index is 168. The molecule has 0 aliphatic heterocycles. The van der Waals surface area contributed by atoms with Gasteiger partial charge in [0.25, 0.3) is 0 Å². The molecule has 0 saturated heterocycles. The Morgan fingerprint density at radius 3 is 2.50 bits per heavy atom. The van der Waals surface area contributed by atoms with Crippen LogP contribution in [0.1, 0.15) is 25.7 Å². The summed E-state index contributed by atoms with van der Waals surface area (Å²) in [6.45, 7) is 0. The van der Waals surface area contributed by atoms with Gasteiger partial charge in [-0.3, -0.25) is 4.79 Å². The van der Waals surface area contributed by atoms with Gasteiger partial charge in [0, 0.05) is 6.04 Å². The molecule has 12 heavy (non-hydrogen) atoms. The van der Waals surface area contributed by atoms with Crippen LogP contribution in [0.5, 0.6) is 0 Å². The maximum absolute atomic E-state index is 10.4. The fraction of sp³-hybridized carbons (Fsp3) is 0.875. The zero-order valence-corrected chi connectivity index (χ0v) is 7.07. The highest BCUT2D eigenvalue weighted by atomic mass is 16.3. The van der Waals surface area contributed by atoms with Crippen molar-refractivity contribution in [3.05, 3.63) is 0 Å². The Morgan fingerprint density at radius 2 is 2.08 bits per heavy atom. The smallest absolute Gasteiger partial charge is 0.246 e. The number of primary amides is 1. The number of rotatable bonds is 5. The minimum atomic E-state index is -1.02. The molecule has 0 bridgehead atoms. The Morgan fingerprint density at radius 1 is 1.50 bits per heavy atom. The summed E-state index contributed by atoms with van der Waals surface area (Å²) >= 11 is 0. The first kappa shape index (κ1) is 9.48. The monoisotopic (exact) mass is 172 g/mol. The van der Waals surface area contributed by atoms with Gasteiger partial charge in [-0.2, -0.15) is 0 Å². The lowest BCUT2D eigenvalue weighted by atomic mass is 10.0. The fourth-order valence-corrected chi connectivity index (χ4v) is 1.25. The van der Waals surface area contributed by atoms with Crippen molar-refractivity contribution in [3.8, 4) is 0 Å². The van der Waals surface area contributed by atoms with Crippen LogP contribution >= 0.6 is 0 Å². The summed E-state index contributed by atoms with van der Waals surface area (Å²) in [4.78, 5) is 10.4. The summed E-state index contributed by atoms with van der Waals surface area (Å²) in [6.07, 6.45) is 2.44. The van der Waals surface area contributed by atoms with Crippen LogP contribution < -0.4 is 11.5 Å². The molecule has 1 amide bonds. The van der Waals surface area contributed by atoms with E-state index in [9.17, 15) is 4.79 Å². The number of amides is 1. The van der Waals surface area contributed by atoms with E-state index >= 15 is 0 Å².